The van der Waals surface area contributed by atoms with Crippen molar-refractivity contribution in [2.24, 2.45) is 0 Å². The monoisotopic (exact) mass is 220 g/mol. The molecular formula is C13H20N2O. The van der Waals surface area contributed by atoms with E-state index in [1.807, 2.05) is 12.4 Å². The summed E-state index contributed by atoms with van der Waals surface area (Å²) in [6.07, 6.45) is 8.43. The average molecular weight is 220 g/mol. The van der Waals surface area contributed by atoms with Crippen molar-refractivity contribution in [2.75, 3.05) is 19.8 Å². The Morgan fingerprint density at radius 1 is 1.38 bits per heavy atom. The number of pyridine rings is 1. The van der Waals surface area contributed by atoms with Gasteiger partial charge in [-0.2, -0.15) is 0 Å². The van der Waals surface area contributed by atoms with Crippen molar-refractivity contribution in [3.8, 4) is 0 Å². The minimum Gasteiger partial charge on any atom is -0.380 e. The number of rotatable bonds is 6. The minimum atomic E-state index is 0.598. The van der Waals surface area contributed by atoms with Crippen LogP contribution in [0.25, 0.3) is 0 Å². The lowest BCUT2D eigenvalue weighted by atomic mass is 10.1. The molecule has 0 aliphatic carbocycles. The Labute approximate surface area is 97.2 Å². The molecule has 3 heteroatoms. The van der Waals surface area contributed by atoms with E-state index in [4.69, 9.17) is 4.74 Å². The maximum absolute atomic E-state index is 5.66. The number of hydrogen-bond donors (Lipinski definition) is 1. The van der Waals surface area contributed by atoms with Crippen molar-refractivity contribution in [3.05, 3.63) is 30.1 Å². The molecule has 1 fully saturated rings. The number of nitrogens with zero attached hydrogens (tertiary/aromatic N) is 1. The lowest BCUT2D eigenvalue weighted by molar-refractivity contribution is 0.114. The van der Waals surface area contributed by atoms with Gasteiger partial charge in [-0.05, 0) is 49.9 Å². The molecule has 0 bridgehead atoms. The molecule has 1 atom stereocenters. The lowest BCUT2D eigenvalue weighted by Crippen LogP contribution is -2.26. The van der Waals surface area contributed by atoms with Crippen LogP contribution in [0.5, 0.6) is 0 Å². The van der Waals surface area contributed by atoms with Gasteiger partial charge < -0.3 is 10.1 Å². The van der Waals surface area contributed by atoms with E-state index in [1.165, 1.54) is 18.4 Å². The maximum atomic E-state index is 5.66. The molecule has 0 amide bonds. The van der Waals surface area contributed by atoms with E-state index in [9.17, 15) is 0 Å². The Kier molecular flexibility index (Phi) is 4.77. The molecule has 0 radical (unpaired) electrons. The van der Waals surface area contributed by atoms with Gasteiger partial charge in [-0.3, -0.25) is 4.98 Å². The summed E-state index contributed by atoms with van der Waals surface area (Å²) in [7, 11) is 0. The largest absolute Gasteiger partial charge is 0.380 e. The van der Waals surface area contributed by atoms with Crippen molar-refractivity contribution in [1.82, 2.24) is 10.3 Å². The first-order chi connectivity index (χ1) is 7.95. The van der Waals surface area contributed by atoms with Crippen molar-refractivity contribution in [2.45, 2.75) is 31.7 Å². The molecule has 88 valence electrons. The molecule has 0 spiro atoms. The van der Waals surface area contributed by atoms with Crippen molar-refractivity contribution < 1.29 is 4.74 Å². The third kappa shape index (κ3) is 3.91. The Balaban J connectivity index is 1.52. The Morgan fingerprint density at radius 3 is 3.00 bits per heavy atom. The molecule has 16 heavy (non-hydrogen) atoms. The van der Waals surface area contributed by atoms with Crippen LogP contribution in [0.4, 0.5) is 0 Å². The zero-order chi connectivity index (χ0) is 11.1. The summed E-state index contributed by atoms with van der Waals surface area (Å²) in [6.45, 7) is 2.89. The molecule has 1 aliphatic rings. The standard InChI is InChI=1S/C13H20N2O/c1-4-13(15-7-1)11-16-10-2-3-12-5-8-14-9-6-12/h5-6,8-9,13,15H,1-4,7,10-11H2. The SMILES string of the molecule is c1cc(CCCOCC2CCCN2)ccn1. The predicted molar refractivity (Wildman–Crippen MR) is 64.4 cm³/mol. The van der Waals surface area contributed by atoms with E-state index < -0.39 is 0 Å². The fourth-order valence-electron chi connectivity index (χ4n) is 2.05. The van der Waals surface area contributed by atoms with Crippen LogP contribution < -0.4 is 5.32 Å². The van der Waals surface area contributed by atoms with Gasteiger partial charge >= 0.3 is 0 Å². The molecule has 1 unspecified atom stereocenters. The van der Waals surface area contributed by atoms with Crippen LogP contribution in [0.3, 0.4) is 0 Å². The Morgan fingerprint density at radius 2 is 2.25 bits per heavy atom. The van der Waals surface area contributed by atoms with E-state index in [1.54, 1.807) is 0 Å². The summed E-state index contributed by atoms with van der Waals surface area (Å²) in [4.78, 5) is 4.00. The zero-order valence-corrected chi connectivity index (χ0v) is 9.69. The molecule has 1 N–H and O–H groups in total. The molecular weight excluding hydrogens is 200 g/mol. The molecule has 2 rings (SSSR count). The Bertz CT molecular complexity index is 283. The van der Waals surface area contributed by atoms with Gasteiger partial charge in [0.2, 0.25) is 0 Å². The molecule has 1 aromatic rings. The number of hydrogen-bond acceptors (Lipinski definition) is 3. The highest BCUT2D eigenvalue weighted by atomic mass is 16.5. The Hall–Kier alpha value is -0.930. The second-order valence-electron chi connectivity index (χ2n) is 4.33. The van der Waals surface area contributed by atoms with Crippen LogP contribution in [0.1, 0.15) is 24.8 Å². The molecule has 2 heterocycles. The van der Waals surface area contributed by atoms with Crippen LogP contribution in [-0.4, -0.2) is 30.8 Å². The third-order valence-corrected chi connectivity index (χ3v) is 2.98. The summed E-state index contributed by atoms with van der Waals surface area (Å²) in [5.41, 5.74) is 1.34. The van der Waals surface area contributed by atoms with E-state index in [-0.39, 0.29) is 0 Å². The quantitative estimate of drug-likeness (QED) is 0.742. The number of aromatic nitrogens is 1. The van der Waals surface area contributed by atoms with Gasteiger partial charge in [0.15, 0.2) is 0 Å². The number of nitrogens with one attached hydrogen (secondary N) is 1. The summed E-state index contributed by atoms with van der Waals surface area (Å²) in [5.74, 6) is 0. The van der Waals surface area contributed by atoms with Gasteiger partial charge in [0.1, 0.15) is 0 Å². The summed E-state index contributed by atoms with van der Waals surface area (Å²) in [5, 5.41) is 3.43. The van der Waals surface area contributed by atoms with Crippen molar-refractivity contribution >= 4 is 0 Å². The van der Waals surface area contributed by atoms with Crippen LogP contribution in [0, 0.1) is 0 Å². The van der Waals surface area contributed by atoms with Gasteiger partial charge in [0.25, 0.3) is 0 Å². The average Bonchev–Trinajstić information content (AvgIpc) is 2.83. The van der Waals surface area contributed by atoms with Gasteiger partial charge in [-0.15, -0.1) is 0 Å². The second kappa shape index (κ2) is 6.61. The van der Waals surface area contributed by atoms with E-state index in [0.717, 1.165) is 32.6 Å². The van der Waals surface area contributed by atoms with Crippen molar-refractivity contribution in [1.29, 1.82) is 0 Å². The highest BCUT2D eigenvalue weighted by Gasteiger charge is 2.13. The molecule has 1 aliphatic heterocycles. The first-order valence-corrected chi connectivity index (χ1v) is 6.15. The summed E-state index contributed by atoms with van der Waals surface area (Å²) in [6, 6.07) is 4.73. The molecule has 1 aromatic heterocycles. The molecule has 1 saturated heterocycles. The fraction of sp³-hybridized carbons (Fsp3) is 0.615. The van der Waals surface area contributed by atoms with Crippen LogP contribution >= 0.6 is 0 Å². The smallest absolute Gasteiger partial charge is 0.0619 e. The third-order valence-electron chi connectivity index (χ3n) is 2.98. The molecule has 3 nitrogen and oxygen atoms in total. The highest BCUT2D eigenvalue weighted by Crippen LogP contribution is 2.06. The van der Waals surface area contributed by atoms with Gasteiger partial charge in [-0.1, -0.05) is 0 Å². The van der Waals surface area contributed by atoms with E-state index in [0.29, 0.717) is 6.04 Å². The van der Waals surface area contributed by atoms with Crippen LogP contribution in [-0.2, 0) is 11.2 Å². The van der Waals surface area contributed by atoms with Gasteiger partial charge in [0, 0.05) is 25.0 Å². The lowest BCUT2D eigenvalue weighted by Gasteiger charge is -2.10. The fourth-order valence-corrected chi connectivity index (χ4v) is 2.05. The molecule has 0 saturated carbocycles. The first kappa shape index (κ1) is 11.6. The summed E-state index contributed by atoms with van der Waals surface area (Å²) < 4.78 is 5.66. The van der Waals surface area contributed by atoms with E-state index >= 15 is 0 Å². The topological polar surface area (TPSA) is 34.1 Å². The first-order valence-electron chi connectivity index (χ1n) is 6.15. The second-order valence-corrected chi connectivity index (χ2v) is 4.33. The van der Waals surface area contributed by atoms with Crippen LogP contribution in [0.15, 0.2) is 24.5 Å². The molecule has 0 aromatic carbocycles. The van der Waals surface area contributed by atoms with Crippen molar-refractivity contribution in [3.63, 3.8) is 0 Å². The minimum absolute atomic E-state index is 0.598. The van der Waals surface area contributed by atoms with Crippen LogP contribution in [0.2, 0.25) is 0 Å². The van der Waals surface area contributed by atoms with Gasteiger partial charge in [0.05, 0.1) is 6.61 Å². The summed E-state index contributed by atoms with van der Waals surface area (Å²) >= 11 is 0. The van der Waals surface area contributed by atoms with E-state index in [2.05, 4.69) is 22.4 Å². The maximum Gasteiger partial charge on any atom is 0.0619 e. The number of aryl methyl sites for hydroxylation is 1. The number of ether oxygens (including phenoxy) is 1. The van der Waals surface area contributed by atoms with Gasteiger partial charge in [-0.25, -0.2) is 0 Å². The predicted octanol–water partition coefficient (Wildman–Crippen LogP) is 1.78. The normalized spacial score (nSPS) is 20.1. The highest BCUT2D eigenvalue weighted by molar-refractivity contribution is 5.09. The zero-order valence-electron chi connectivity index (χ0n) is 9.69.